The van der Waals surface area contributed by atoms with Crippen molar-refractivity contribution in [2.75, 3.05) is 17.1 Å². The van der Waals surface area contributed by atoms with Crippen molar-refractivity contribution >= 4 is 49.1 Å². The van der Waals surface area contributed by atoms with Gasteiger partial charge in [-0.2, -0.15) is 8.42 Å². The molecule has 4 rings (SSSR count). The number of amides is 1. The highest BCUT2D eigenvalue weighted by atomic mass is 32.2. The second kappa shape index (κ2) is 7.66. The molecule has 4 aromatic carbocycles. The van der Waals surface area contributed by atoms with Gasteiger partial charge in [-0.05, 0) is 64.0 Å². The van der Waals surface area contributed by atoms with Gasteiger partial charge in [-0.15, -0.1) is 0 Å². The molecule has 0 saturated heterocycles. The quantitative estimate of drug-likeness (QED) is 0.325. The van der Waals surface area contributed by atoms with Crippen molar-refractivity contribution in [2.45, 2.75) is 0 Å². The lowest BCUT2D eigenvalue weighted by molar-refractivity contribution is 0.102. The van der Waals surface area contributed by atoms with Crippen LogP contribution < -0.4 is 14.8 Å². The van der Waals surface area contributed by atoms with Crippen LogP contribution in [0.15, 0.2) is 72.8 Å². The Morgan fingerprint density at radius 3 is 2.20 bits per heavy atom. The van der Waals surface area contributed by atoms with Gasteiger partial charge in [-0.25, -0.2) is 0 Å². The van der Waals surface area contributed by atoms with Gasteiger partial charge < -0.3 is 10.1 Å². The molecule has 0 aromatic heterocycles. The number of fused-ring (bicyclic) bond motifs is 3. The van der Waals surface area contributed by atoms with Gasteiger partial charge in [0.1, 0.15) is 5.75 Å². The molecule has 0 bridgehead atoms. The summed E-state index contributed by atoms with van der Waals surface area (Å²) in [6, 6.07) is 21.1. The second-order valence-electron chi connectivity index (χ2n) is 6.67. The maximum Gasteiger partial charge on any atom is 0.357 e. The van der Waals surface area contributed by atoms with Crippen LogP contribution in [0.3, 0.4) is 0 Å². The van der Waals surface area contributed by atoms with Crippen molar-refractivity contribution in [3.63, 3.8) is 0 Å². The molecule has 8 heteroatoms. The summed E-state index contributed by atoms with van der Waals surface area (Å²) in [7, 11) is -2.74. The maximum absolute atomic E-state index is 13.0. The Morgan fingerprint density at radius 1 is 0.867 bits per heavy atom. The summed E-state index contributed by atoms with van der Waals surface area (Å²) in [5, 5.41) is 6.46. The molecule has 1 amide bonds. The van der Waals surface area contributed by atoms with E-state index < -0.39 is 10.3 Å². The first-order valence-corrected chi connectivity index (χ1v) is 10.4. The summed E-state index contributed by atoms with van der Waals surface area (Å²) in [6.45, 7) is 0. The van der Waals surface area contributed by atoms with Crippen LogP contribution in [-0.2, 0) is 10.3 Å². The van der Waals surface area contributed by atoms with Crippen LogP contribution >= 0.6 is 0 Å². The molecular weight excluding hydrogens is 404 g/mol. The van der Waals surface area contributed by atoms with Crippen LogP contribution in [0.25, 0.3) is 21.5 Å². The zero-order chi connectivity index (χ0) is 21.3. The fourth-order valence-electron chi connectivity index (χ4n) is 3.36. The molecule has 152 valence electrons. The number of carbonyl (C=O) groups excluding carboxylic acids is 1. The number of hydrogen-bond donors (Lipinski definition) is 3. The van der Waals surface area contributed by atoms with Gasteiger partial charge in [-0.3, -0.25) is 14.1 Å². The van der Waals surface area contributed by atoms with E-state index in [1.165, 1.54) is 12.1 Å². The minimum Gasteiger partial charge on any atom is -0.497 e. The van der Waals surface area contributed by atoms with Gasteiger partial charge in [0.15, 0.2) is 0 Å². The number of carbonyl (C=O) groups is 1. The van der Waals surface area contributed by atoms with Gasteiger partial charge in [-0.1, -0.05) is 30.3 Å². The largest absolute Gasteiger partial charge is 0.497 e. The minimum absolute atomic E-state index is 0.181. The Balaban J connectivity index is 1.71. The van der Waals surface area contributed by atoms with E-state index in [-0.39, 0.29) is 11.6 Å². The van der Waals surface area contributed by atoms with Crippen LogP contribution in [0.5, 0.6) is 5.75 Å². The van der Waals surface area contributed by atoms with E-state index in [0.717, 1.165) is 27.3 Å². The summed E-state index contributed by atoms with van der Waals surface area (Å²) in [5.74, 6) is 0.447. The number of nitrogens with one attached hydrogen (secondary N) is 2. The first-order chi connectivity index (χ1) is 14.3. The fourth-order valence-corrected chi connectivity index (χ4v) is 3.80. The summed E-state index contributed by atoms with van der Waals surface area (Å²) < 4.78 is 37.9. The fraction of sp³-hybridized carbons (Fsp3) is 0.0455. The van der Waals surface area contributed by atoms with Crippen molar-refractivity contribution in [1.82, 2.24) is 0 Å². The minimum atomic E-state index is -4.35. The van der Waals surface area contributed by atoms with Crippen molar-refractivity contribution in [3.05, 3.63) is 78.4 Å². The van der Waals surface area contributed by atoms with Crippen LogP contribution in [0.2, 0.25) is 0 Å². The van der Waals surface area contributed by atoms with Gasteiger partial charge >= 0.3 is 10.3 Å². The van der Waals surface area contributed by atoms with E-state index in [4.69, 9.17) is 9.29 Å². The van der Waals surface area contributed by atoms with Crippen LogP contribution in [-0.4, -0.2) is 26.0 Å². The molecule has 3 N–H and O–H groups in total. The third-order valence-electron chi connectivity index (χ3n) is 4.70. The third kappa shape index (κ3) is 4.05. The van der Waals surface area contributed by atoms with E-state index >= 15 is 0 Å². The average Bonchev–Trinajstić information content (AvgIpc) is 2.73. The first kappa shape index (κ1) is 19.7. The van der Waals surface area contributed by atoms with Gasteiger partial charge in [0.05, 0.1) is 12.8 Å². The highest BCUT2D eigenvalue weighted by molar-refractivity contribution is 7.87. The van der Waals surface area contributed by atoms with Crippen LogP contribution in [0, 0.1) is 0 Å². The second-order valence-corrected chi connectivity index (χ2v) is 7.82. The van der Waals surface area contributed by atoms with E-state index in [2.05, 4.69) is 5.32 Å². The molecule has 7 nitrogen and oxygen atoms in total. The molecule has 4 aromatic rings. The molecule has 0 spiro atoms. The number of anilines is 2. The highest BCUT2D eigenvalue weighted by Gasteiger charge is 2.14. The zero-order valence-corrected chi connectivity index (χ0v) is 16.7. The Kier molecular flexibility index (Phi) is 5.03. The smallest absolute Gasteiger partial charge is 0.357 e. The number of ether oxygens (including phenoxy) is 1. The lowest BCUT2D eigenvalue weighted by Gasteiger charge is -2.12. The molecule has 0 unspecified atom stereocenters. The van der Waals surface area contributed by atoms with E-state index in [1.807, 2.05) is 53.3 Å². The predicted molar refractivity (Wildman–Crippen MR) is 118 cm³/mol. The summed E-state index contributed by atoms with van der Waals surface area (Å²) >= 11 is 0. The molecule has 0 saturated carbocycles. The Labute approximate surface area is 173 Å². The molecule has 0 atom stereocenters. The third-order valence-corrected chi connectivity index (χ3v) is 5.20. The standard InChI is InChI=1S/C22H18N2O5S/c1-29-17-11-6-14-12-21(19-5-3-2-4-18(19)20(14)13-17)22(25)23-15-7-9-16(10-8-15)24-30(26,27)28/h2-13,24H,1H3,(H,23,25)(H,26,27,28). The maximum atomic E-state index is 13.0. The van der Waals surface area contributed by atoms with Crippen molar-refractivity contribution in [2.24, 2.45) is 0 Å². The van der Waals surface area contributed by atoms with Crippen molar-refractivity contribution in [3.8, 4) is 5.75 Å². The molecule has 30 heavy (non-hydrogen) atoms. The van der Waals surface area contributed by atoms with Crippen molar-refractivity contribution in [1.29, 1.82) is 0 Å². The topological polar surface area (TPSA) is 105 Å². The lowest BCUT2D eigenvalue weighted by atomic mass is 9.96. The highest BCUT2D eigenvalue weighted by Crippen LogP contribution is 2.31. The lowest BCUT2D eigenvalue weighted by Crippen LogP contribution is -2.13. The number of methoxy groups -OCH3 is 1. The first-order valence-electron chi connectivity index (χ1n) is 9.00. The summed E-state index contributed by atoms with van der Waals surface area (Å²) in [4.78, 5) is 13.0. The molecule has 0 fully saturated rings. The normalized spacial score (nSPS) is 11.4. The monoisotopic (exact) mass is 422 g/mol. The van der Waals surface area contributed by atoms with Crippen LogP contribution in [0.4, 0.5) is 11.4 Å². The average molecular weight is 422 g/mol. The number of hydrogen-bond acceptors (Lipinski definition) is 4. The Bertz CT molecular complexity index is 1370. The van der Waals surface area contributed by atoms with Crippen molar-refractivity contribution < 1.29 is 22.5 Å². The molecule has 0 aliphatic carbocycles. The van der Waals surface area contributed by atoms with Gasteiger partial charge in [0, 0.05) is 11.3 Å². The van der Waals surface area contributed by atoms with E-state index in [9.17, 15) is 13.2 Å². The molecule has 0 radical (unpaired) electrons. The SMILES string of the molecule is COc1ccc2cc(C(=O)Nc3ccc(NS(=O)(=O)O)cc3)c3ccccc3c2c1. The van der Waals surface area contributed by atoms with E-state index in [1.54, 1.807) is 19.2 Å². The summed E-state index contributed by atoms with van der Waals surface area (Å²) in [6.07, 6.45) is 0. The Morgan fingerprint density at radius 2 is 1.53 bits per heavy atom. The molecular formula is C22H18N2O5S. The molecule has 0 aliphatic rings. The Hall–Kier alpha value is -3.62. The van der Waals surface area contributed by atoms with Crippen LogP contribution in [0.1, 0.15) is 10.4 Å². The predicted octanol–water partition coefficient (Wildman–Crippen LogP) is 4.47. The van der Waals surface area contributed by atoms with Gasteiger partial charge in [0.25, 0.3) is 5.91 Å². The summed E-state index contributed by atoms with van der Waals surface area (Å²) in [5.41, 5.74) is 1.18. The van der Waals surface area contributed by atoms with E-state index in [0.29, 0.717) is 11.3 Å². The zero-order valence-electron chi connectivity index (χ0n) is 15.9. The van der Waals surface area contributed by atoms with Gasteiger partial charge in [0.2, 0.25) is 0 Å². The molecule has 0 heterocycles. The molecule has 0 aliphatic heterocycles. The number of benzene rings is 4. The number of rotatable bonds is 5.